The summed E-state index contributed by atoms with van der Waals surface area (Å²) < 4.78 is 7.92. The van der Waals surface area contributed by atoms with E-state index in [1.807, 2.05) is 0 Å². The molecule has 1 radical (unpaired) electrons. The van der Waals surface area contributed by atoms with Crippen molar-refractivity contribution < 1.29 is 20.1 Å². The van der Waals surface area contributed by atoms with Gasteiger partial charge in [0.05, 0.1) is 0 Å². The van der Waals surface area contributed by atoms with E-state index in [9.17, 15) is 10.2 Å². The Morgan fingerprint density at radius 2 is 2.10 bits per heavy atom. The fraction of sp³-hybridized carbons (Fsp3) is 0.500. The van der Waals surface area contributed by atoms with Gasteiger partial charge in [-0.2, -0.15) is 0 Å². The van der Waals surface area contributed by atoms with Gasteiger partial charge in [-0.15, -0.1) is 0 Å². The number of aliphatic hydroxyl groups is 3. The van der Waals surface area contributed by atoms with Crippen LogP contribution in [0.15, 0.2) is 10.9 Å². The Bertz CT molecular complexity index is 653. The fourth-order valence-corrected chi connectivity index (χ4v) is 3.49. The van der Waals surface area contributed by atoms with E-state index in [4.69, 9.17) is 9.84 Å². The number of ether oxygens (including phenoxy) is 1. The Morgan fingerprint density at radius 1 is 1.35 bits per heavy atom. The number of hydrogen-bond donors (Lipinski definition) is 3. The topological polar surface area (TPSA) is 114 Å². The summed E-state index contributed by atoms with van der Waals surface area (Å²) >= 11 is 6.10. The van der Waals surface area contributed by atoms with Gasteiger partial charge in [0.1, 0.15) is 0 Å². The molecule has 3 heterocycles. The summed E-state index contributed by atoms with van der Waals surface area (Å²) in [4.78, 5) is 8.15. The first kappa shape index (κ1) is 14.3. The van der Waals surface area contributed by atoms with Crippen LogP contribution in [0.2, 0.25) is 0 Å². The summed E-state index contributed by atoms with van der Waals surface area (Å²) in [6, 6.07) is 0. The van der Waals surface area contributed by atoms with E-state index in [-0.39, 0.29) is 0 Å². The molecule has 1 aliphatic rings. The molecule has 1 fully saturated rings. The van der Waals surface area contributed by atoms with E-state index in [2.05, 4.69) is 47.0 Å². The molecule has 10 heteroatoms. The van der Waals surface area contributed by atoms with Gasteiger partial charge in [-0.25, -0.2) is 0 Å². The van der Waals surface area contributed by atoms with Gasteiger partial charge in [-0.05, 0) is 0 Å². The Labute approximate surface area is 129 Å². The molecule has 0 aromatic carbocycles. The van der Waals surface area contributed by atoms with Crippen LogP contribution in [0.3, 0.4) is 0 Å². The molecule has 0 aliphatic carbocycles. The molecular weight excluding hydrogens is 399 g/mol. The SMILES string of the molecule is OC[C@H]1O[C@@H](n2nc(Br)c3c([Se])ncnc32)[C@H](O)[C@@H]1O. The molecule has 4 atom stereocenters. The van der Waals surface area contributed by atoms with Gasteiger partial charge >= 0.3 is 129 Å². The molecule has 3 rings (SSSR count). The molecule has 0 unspecified atom stereocenters. The third-order valence-electron chi connectivity index (χ3n) is 3.17. The van der Waals surface area contributed by atoms with E-state index < -0.39 is 31.1 Å². The number of nitrogens with zero attached hydrogens (tertiary/aromatic N) is 4. The summed E-state index contributed by atoms with van der Waals surface area (Å²) in [5, 5.41) is 33.8. The van der Waals surface area contributed by atoms with Crippen molar-refractivity contribution in [1.82, 2.24) is 19.7 Å². The molecule has 0 amide bonds. The molecule has 1 aliphatic heterocycles. The summed E-state index contributed by atoms with van der Waals surface area (Å²) in [6.45, 7) is -0.392. The van der Waals surface area contributed by atoms with Gasteiger partial charge in [0.25, 0.3) is 0 Å². The van der Waals surface area contributed by atoms with Crippen molar-refractivity contribution in [2.75, 3.05) is 6.61 Å². The van der Waals surface area contributed by atoms with Crippen LogP contribution in [0.25, 0.3) is 11.0 Å². The van der Waals surface area contributed by atoms with Gasteiger partial charge in [0.2, 0.25) is 0 Å². The first-order chi connectivity index (χ1) is 9.54. The Hall–Kier alpha value is -0.611. The van der Waals surface area contributed by atoms with Crippen LogP contribution in [-0.2, 0) is 4.74 Å². The first-order valence-corrected chi connectivity index (χ1v) is 7.37. The molecule has 0 spiro atoms. The molecule has 107 valence electrons. The van der Waals surface area contributed by atoms with Crippen molar-refractivity contribution in [2.24, 2.45) is 0 Å². The van der Waals surface area contributed by atoms with Crippen molar-refractivity contribution in [2.45, 2.75) is 24.5 Å². The number of fused-ring (bicyclic) bond motifs is 1. The standard InChI is InChI=1S/C10H10BrN4O4Se/c11-7-4-8(12-2-13-9(4)20)15(14-7)10-6(18)5(17)3(1-16)19-10/h2-3,5-6,10,16-18H,1H2/t3-,5-,6-,10-/m1/s1. The molecule has 2 aromatic rings. The van der Waals surface area contributed by atoms with Gasteiger partial charge in [0, 0.05) is 0 Å². The number of hydrogen-bond acceptors (Lipinski definition) is 7. The van der Waals surface area contributed by atoms with Crippen LogP contribution < -0.4 is 4.59 Å². The number of rotatable bonds is 2. The Kier molecular flexibility index (Phi) is 3.80. The molecule has 3 N–H and O–H groups in total. The number of aliphatic hydroxyl groups excluding tert-OH is 3. The second-order valence-corrected chi connectivity index (χ2v) is 5.90. The predicted molar refractivity (Wildman–Crippen MR) is 71.4 cm³/mol. The number of aromatic nitrogens is 4. The van der Waals surface area contributed by atoms with Crippen molar-refractivity contribution in [3.05, 3.63) is 10.9 Å². The van der Waals surface area contributed by atoms with Gasteiger partial charge in [0.15, 0.2) is 0 Å². The monoisotopic (exact) mass is 409 g/mol. The molecule has 8 nitrogen and oxygen atoms in total. The summed E-state index contributed by atoms with van der Waals surface area (Å²) in [5.41, 5.74) is 0.454. The third kappa shape index (κ3) is 2.08. The van der Waals surface area contributed by atoms with Crippen LogP contribution in [-0.4, -0.2) is 76.0 Å². The van der Waals surface area contributed by atoms with Crippen LogP contribution in [0.5, 0.6) is 0 Å². The molecule has 0 bridgehead atoms. The van der Waals surface area contributed by atoms with Crippen LogP contribution in [0, 0.1) is 0 Å². The summed E-state index contributed by atoms with van der Waals surface area (Å²) in [6.07, 6.45) is -2.81. The second-order valence-electron chi connectivity index (χ2n) is 4.34. The summed E-state index contributed by atoms with van der Waals surface area (Å²) in [7, 11) is 0. The fourth-order valence-electron chi connectivity index (χ4n) is 2.17. The minimum atomic E-state index is -1.21. The van der Waals surface area contributed by atoms with Crippen LogP contribution in [0.4, 0.5) is 0 Å². The second kappa shape index (κ2) is 5.30. The molecule has 1 saturated heterocycles. The van der Waals surface area contributed by atoms with Gasteiger partial charge < -0.3 is 0 Å². The van der Waals surface area contributed by atoms with Gasteiger partial charge in [-0.1, -0.05) is 0 Å². The predicted octanol–water partition coefficient (Wildman–Crippen LogP) is -2.01. The zero-order valence-corrected chi connectivity index (χ0v) is 13.2. The van der Waals surface area contributed by atoms with E-state index in [1.165, 1.54) is 11.0 Å². The van der Waals surface area contributed by atoms with E-state index >= 15 is 0 Å². The Balaban J connectivity index is 2.10. The number of halogens is 1. The average molecular weight is 409 g/mol. The zero-order valence-electron chi connectivity index (χ0n) is 9.92. The minimum absolute atomic E-state index is 0.392. The van der Waals surface area contributed by atoms with Crippen molar-refractivity contribution in [3.8, 4) is 0 Å². The first-order valence-electron chi connectivity index (χ1n) is 5.72. The summed E-state index contributed by atoms with van der Waals surface area (Å²) in [5.74, 6) is 0. The molecule has 0 saturated carbocycles. The normalized spacial score (nSPS) is 30.2. The Morgan fingerprint density at radius 3 is 2.75 bits per heavy atom. The quantitative estimate of drug-likeness (QED) is 0.492. The average Bonchev–Trinajstić information content (AvgIpc) is 2.90. The van der Waals surface area contributed by atoms with E-state index in [1.54, 1.807) is 0 Å². The maximum atomic E-state index is 10.0. The van der Waals surface area contributed by atoms with E-state index in [0.29, 0.717) is 20.2 Å². The van der Waals surface area contributed by atoms with Crippen LogP contribution in [0.1, 0.15) is 6.23 Å². The molecule has 2 aromatic heterocycles. The van der Waals surface area contributed by atoms with Crippen molar-refractivity contribution in [1.29, 1.82) is 0 Å². The van der Waals surface area contributed by atoms with Crippen LogP contribution >= 0.6 is 15.9 Å². The van der Waals surface area contributed by atoms with E-state index in [0.717, 1.165) is 0 Å². The van der Waals surface area contributed by atoms with Gasteiger partial charge in [-0.3, -0.25) is 0 Å². The van der Waals surface area contributed by atoms with Crippen molar-refractivity contribution in [3.63, 3.8) is 0 Å². The molecular formula is C10H10BrN4O4Se. The molecule has 20 heavy (non-hydrogen) atoms. The zero-order chi connectivity index (χ0) is 14.4. The van der Waals surface area contributed by atoms with Crippen molar-refractivity contribution >= 4 is 47.6 Å². The maximum absolute atomic E-state index is 10.0. The third-order valence-corrected chi connectivity index (χ3v) is 4.37.